The molecule has 1 aromatic carbocycles. The highest BCUT2D eigenvalue weighted by Gasteiger charge is 2.17. The van der Waals surface area contributed by atoms with Crippen LogP contribution in [0.1, 0.15) is 12.5 Å². The van der Waals surface area contributed by atoms with Gasteiger partial charge in [0.25, 0.3) is 0 Å². The number of carbonyl (C=O) groups excluding carboxylic acids is 1. The van der Waals surface area contributed by atoms with E-state index in [1.54, 1.807) is 12.1 Å². The van der Waals surface area contributed by atoms with E-state index in [2.05, 4.69) is 4.72 Å². The van der Waals surface area contributed by atoms with Crippen LogP contribution in [0.15, 0.2) is 40.6 Å². The van der Waals surface area contributed by atoms with Gasteiger partial charge in [0.1, 0.15) is 10.0 Å². The average Bonchev–Trinajstić information content (AvgIpc) is 2.95. The number of hydrogen-bond donors (Lipinski definition) is 1. The van der Waals surface area contributed by atoms with Crippen LogP contribution in [-0.4, -0.2) is 32.3 Å². The molecule has 0 aliphatic rings. The Bertz CT molecular complexity index is 806. The highest BCUT2D eigenvalue weighted by molar-refractivity contribution is 7.91. The summed E-state index contributed by atoms with van der Waals surface area (Å²) in [5.41, 5.74) is 0.763. The molecule has 0 aliphatic heterocycles. The quantitative estimate of drug-likeness (QED) is 0.790. The van der Waals surface area contributed by atoms with E-state index in [9.17, 15) is 17.6 Å². The van der Waals surface area contributed by atoms with Gasteiger partial charge in [0.05, 0.1) is 4.34 Å². The van der Waals surface area contributed by atoms with Crippen molar-refractivity contribution in [2.75, 3.05) is 13.1 Å². The first-order chi connectivity index (χ1) is 11.3. The number of halogens is 2. The lowest BCUT2D eigenvalue weighted by Gasteiger charge is -2.21. The number of nitrogens with zero attached hydrogens (tertiary/aromatic N) is 1. The van der Waals surface area contributed by atoms with Gasteiger partial charge >= 0.3 is 0 Å². The summed E-state index contributed by atoms with van der Waals surface area (Å²) in [6, 6.07) is 8.74. The Morgan fingerprint density at radius 1 is 1.25 bits per heavy atom. The maximum absolute atomic E-state index is 12.9. The van der Waals surface area contributed by atoms with Crippen molar-refractivity contribution in [3.63, 3.8) is 0 Å². The molecule has 0 bridgehead atoms. The Kier molecular flexibility index (Phi) is 6.34. The van der Waals surface area contributed by atoms with Crippen LogP contribution in [0.5, 0.6) is 0 Å². The lowest BCUT2D eigenvalue weighted by molar-refractivity contribution is -0.129. The molecule has 0 saturated carbocycles. The highest BCUT2D eigenvalue weighted by atomic mass is 35.5. The Morgan fingerprint density at radius 3 is 2.46 bits per heavy atom. The van der Waals surface area contributed by atoms with Crippen LogP contribution in [-0.2, 0) is 21.4 Å². The summed E-state index contributed by atoms with van der Waals surface area (Å²) in [6.07, 6.45) is 0. The normalized spacial score (nSPS) is 11.5. The molecular weight excluding hydrogens is 375 g/mol. The van der Waals surface area contributed by atoms with Gasteiger partial charge in [0.2, 0.25) is 15.9 Å². The third kappa shape index (κ3) is 5.27. The fourth-order valence-electron chi connectivity index (χ4n) is 1.99. The van der Waals surface area contributed by atoms with E-state index in [1.165, 1.54) is 36.1 Å². The first kappa shape index (κ1) is 18.9. The summed E-state index contributed by atoms with van der Waals surface area (Å²) in [7, 11) is -3.64. The van der Waals surface area contributed by atoms with Crippen molar-refractivity contribution in [2.24, 2.45) is 0 Å². The molecule has 1 N–H and O–H groups in total. The number of benzene rings is 1. The number of nitrogens with one attached hydrogen (secondary N) is 1. The second-order valence-corrected chi connectivity index (χ2v) is 8.73. The van der Waals surface area contributed by atoms with Gasteiger partial charge in [0.15, 0.2) is 0 Å². The maximum Gasteiger partial charge on any atom is 0.250 e. The molecule has 1 aromatic heterocycles. The lowest BCUT2D eigenvalue weighted by Crippen LogP contribution is -2.36. The van der Waals surface area contributed by atoms with Crippen molar-refractivity contribution in [2.45, 2.75) is 17.7 Å². The molecule has 0 spiro atoms. The number of amides is 1. The highest BCUT2D eigenvalue weighted by Crippen LogP contribution is 2.25. The molecule has 0 fully saturated rings. The van der Waals surface area contributed by atoms with E-state index in [0.29, 0.717) is 4.34 Å². The second-order valence-electron chi connectivity index (χ2n) is 5.02. The number of thiophene rings is 1. The molecule has 0 unspecified atom stereocenters. The molecule has 1 heterocycles. The van der Waals surface area contributed by atoms with Crippen molar-refractivity contribution in [1.29, 1.82) is 0 Å². The Balaban J connectivity index is 1.94. The van der Waals surface area contributed by atoms with Crippen LogP contribution in [0.4, 0.5) is 4.39 Å². The van der Waals surface area contributed by atoms with Gasteiger partial charge in [0, 0.05) is 26.6 Å². The predicted molar refractivity (Wildman–Crippen MR) is 92.0 cm³/mol. The zero-order valence-corrected chi connectivity index (χ0v) is 15.2. The van der Waals surface area contributed by atoms with Crippen LogP contribution in [0, 0.1) is 5.82 Å². The van der Waals surface area contributed by atoms with Crippen molar-refractivity contribution < 1.29 is 17.6 Å². The topological polar surface area (TPSA) is 66.5 Å². The molecule has 1 amide bonds. The van der Waals surface area contributed by atoms with E-state index >= 15 is 0 Å². The summed E-state index contributed by atoms with van der Waals surface area (Å²) in [5.74, 6) is -0.548. The van der Waals surface area contributed by atoms with Crippen LogP contribution >= 0.6 is 22.9 Å². The minimum Gasteiger partial charge on any atom is -0.337 e. The summed E-state index contributed by atoms with van der Waals surface area (Å²) >= 11 is 6.70. The van der Waals surface area contributed by atoms with Gasteiger partial charge in [-0.15, -0.1) is 11.3 Å². The van der Waals surface area contributed by atoms with Gasteiger partial charge in [-0.2, -0.15) is 0 Å². The number of rotatable bonds is 7. The Labute approximate surface area is 149 Å². The standard InChI is InChI=1S/C15H16ClFN2O3S2/c1-11(20)19(10-12-2-4-13(17)5-3-12)9-8-18-24(21,22)15-7-6-14(16)23-15/h2-7,18H,8-10H2,1H3. The van der Waals surface area contributed by atoms with Crippen LogP contribution in [0.3, 0.4) is 0 Å². The zero-order valence-electron chi connectivity index (χ0n) is 12.8. The monoisotopic (exact) mass is 390 g/mol. The third-order valence-corrected chi connectivity index (χ3v) is 6.40. The van der Waals surface area contributed by atoms with Crippen LogP contribution < -0.4 is 4.72 Å². The molecule has 0 aliphatic carbocycles. The number of sulfonamides is 1. The first-order valence-corrected chi connectivity index (χ1v) is 9.70. The van der Waals surface area contributed by atoms with Gasteiger partial charge < -0.3 is 4.90 Å². The fourth-order valence-corrected chi connectivity index (χ4v) is 4.53. The van der Waals surface area contributed by atoms with E-state index in [-0.39, 0.29) is 35.6 Å². The van der Waals surface area contributed by atoms with Gasteiger partial charge in [-0.05, 0) is 29.8 Å². The van der Waals surface area contributed by atoms with E-state index in [4.69, 9.17) is 11.6 Å². The molecule has 2 aromatic rings. The third-order valence-electron chi connectivity index (χ3n) is 3.22. The molecule has 2 rings (SSSR count). The van der Waals surface area contributed by atoms with Gasteiger partial charge in [-0.3, -0.25) is 4.79 Å². The maximum atomic E-state index is 12.9. The average molecular weight is 391 g/mol. The minimum absolute atomic E-state index is 0.0681. The molecule has 9 heteroatoms. The first-order valence-electron chi connectivity index (χ1n) is 7.03. The van der Waals surface area contributed by atoms with Crippen LogP contribution in [0.25, 0.3) is 0 Å². The summed E-state index contributed by atoms with van der Waals surface area (Å²) in [4.78, 5) is 13.2. The van der Waals surface area contributed by atoms with Crippen molar-refractivity contribution in [1.82, 2.24) is 9.62 Å². The SMILES string of the molecule is CC(=O)N(CCNS(=O)(=O)c1ccc(Cl)s1)Cc1ccc(F)cc1. The molecular formula is C15H16ClFN2O3S2. The van der Waals surface area contributed by atoms with Crippen molar-refractivity contribution in [3.8, 4) is 0 Å². The van der Waals surface area contributed by atoms with Gasteiger partial charge in [-0.25, -0.2) is 17.5 Å². The predicted octanol–water partition coefficient (Wildman–Crippen LogP) is 2.87. The smallest absolute Gasteiger partial charge is 0.250 e. The molecule has 0 saturated heterocycles. The molecule has 24 heavy (non-hydrogen) atoms. The fraction of sp³-hybridized carbons (Fsp3) is 0.267. The summed E-state index contributed by atoms with van der Waals surface area (Å²) < 4.78 is 40.0. The molecule has 0 radical (unpaired) electrons. The molecule has 5 nitrogen and oxygen atoms in total. The second kappa shape index (κ2) is 8.06. The van der Waals surface area contributed by atoms with Crippen molar-refractivity contribution >= 4 is 38.9 Å². The van der Waals surface area contributed by atoms with Gasteiger partial charge in [-0.1, -0.05) is 23.7 Å². The van der Waals surface area contributed by atoms with E-state index in [1.807, 2.05) is 0 Å². The lowest BCUT2D eigenvalue weighted by atomic mass is 10.2. The summed E-state index contributed by atoms with van der Waals surface area (Å²) in [6.45, 7) is 1.95. The molecule has 0 atom stereocenters. The number of hydrogen-bond acceptors (Lipinski definition) is 4. The largest absolute Gasteiger partial charge is 0.337 e. The Morgan fingerprint density at radius 2 is 1.92 bits per heavy atom. The van der Waals surface area contributed by atoms with E-state index < -0.39 is 10.0 Å². The Hall–Kier alpha value is -1.48. The van der Waals surface area contributed by atoms with E-state index in [0.717, 1.165) is 16.9 Å². The van der Waals surface area contributed by atoms with Crippen molar-refractivity contribution in [3.05, 3.63) is 52.1 Å². The van der Waals surface area contributed by atoms with Crippen LogP contribution in [0.2, 0.25) is 4.34 Å². The summed E-state index contributed by atoms with van der Waals surface area (Å²) in [5, 5.41) is 0. The minimum atomic E-state index is -3.64. The molecule has 130 valence electrons. The number of carbonyl (C=O) groups is 1. The zero-order chi connectivity index (χ0) is 17.7.